The highest BCUT2D eigenvalue weighted by atomic mass is 16.6. The van der Waals surface area contributed by atoms with E-state index in [2.05, 4.69) is 106 Å². The van der Waals surface area contributed by atoms with E-state index in [9.17, 15) is 14.4 Å². The van der Waals surface area contributed by atoms with E-state index in [0.717, 1.165) is 109 Å². The summed E-state index contributed by atoms with van der Waals surface area (Å²) in [6.07, 6.45) is 80.1. The standard InChI is InChI=1S/C67H116O6/c1-4-7-10-13-16-19-22-24-26-27-28-29-30-31-32-33-34-35-36-37-38-39-41-42-45-48-51-54-57-60-66(69)72-63-64(62-71-65(68)59-56-53-50-47-44-21-18-15-12-9-6-3)73-67(70)61-58-55-52-49-46-43-40-25-23-20-17-14-11-8-5-2/h7,10,16,19,24,26,28-29,31-32,34-35,37-38,64H,4-6,8-9,11-15,17-18,20-23,25,27,30,33,36,39-63H2,1-3H3/b10-7-,19-16-,26-24-,29-28-,32-31-,35-34-,38-37-. The maximum atomic E-state index is 12.9. The Bertz CT molecular complexity index is 1400. The fourth-order valence-corrected chi connectivity index (χ4v) is 8.78. The molecule has 0 aliphatic rings. The van der Waals surface area contributed by atoms with Crippen LogP contribution in [-0.2, 0) is 28.6 Å². The minimum atomic E-state index is -0.777. The van der Waals surface area contributed by atoms with Crippen molar-refractivity contribution in [2.24, 2.45) is 0 Å². The molecule has 0 N–H and O–H groups in total. The van der Waals surface area contributed by atoms with Crippen molar-refractivity contribution in [2.75, 3.05) is 13.2 Å². The number of carbonyl (C=O) groups excluding carboxylic acids is 3. The Hall–Kier alpha value is -3.41. The number of hydrogen-bond acceptors (Lipinski definition) is 6. The van der Waals surface area contributed by atoms with Gasteiger partial charge in [-0.25, -0.2) is 0 Å². The molecule has 0 fully saturated rings. The van der Waals surface area contributed by atoms with Crippen LogP contribution in [0.15, 0.2) is 85.1 Å². The molecule has 0 amide bonds. The number of unbranched alkanes of at least 4 members (excludes halogenated alkanes) is 31. The summed E-state index contributed by atoms with van der Waals surface area (Å²) < 4.78 is 16.9. The second-order valence-electron chi connectivity index (χ2n) is 20.6. The third kappa shape index (κ3) is 59.3. The molecule has 6 nitrogen and oxygen atoms in total. The Morgan fingerprint density at radius 1 is 0.288 bits per heavy atom. The van der Waals surface area contributed by atoms with Gasteiger partial charge < -0.3 is 14.2 Å². The molecular weight excluding hydrogens is 901 g/mol. The van der Waals surface area contributed by atoms with Crippen LogP contribution in [0.4, 0.5) is 0 Å². The molecule has 0 radical (unpaired) electrons. The van der Waals surface area contributed by atoms with Crippen LogP contribution in [-0.4, -0.2) is 37.2 Å². The number of hydrogen-bond donors (Lipinski definition) is 0. The highest BCUT2D eigenvalue weighted by molar-refractivity contribution is 5.71. The van der Waals surface area contributed by atoms with Gasteiger partial charge in [-0.3, -0.25) is 14.4 Å². The molecule has 6 heteroatoms. The van der Waals surface area contributed by atoms with Crippen LogP contribution >= 0.6 is 0 Å². The Balaban J connectivity index is 4.26. The average Bonchev–Trinajstić information content (AvgIpc) is 3.39. The zero-order valence-corrected chi connectivity index (χ0v) is 48.1. The summed E-state index contributed by atoms with van der Waals surface area (Å²) in [6, 6.07) is 0. The van der Waals surface area contributed by atoms with Gasteiger partial charge >= 0.3 is 17.9 Å². The first-order valence-corrected chi connectivity index (χ1v) is 31.1. The molecular formula is C67H116O6. The molecule has 0 saturated heterocycles. The second-order valence-corrected chi connectivity index (χ2v) is 20.6. The topological polar surface area (TPSA) is 78.9 Å². The molecule has 0 aromatic heterocycles. The highest BCUT2D eigenvalue weighted by Gasteiger charge is 2.19. The molecule has 0 heterocycles. The first-order chi connectivity index (χ1) is 36.0. The maximum absolute atomic E-state index is 12.9. The van der Waals surface area contributed by atoms with Crippen LogP contribution < -0.4 is 0 Å². The van der Waals surface area contributed by atoms with Crippen molar-refractivity contribution in [3.05, 3.63) is 85.1 Å². The van der Waals surface area contributed by atoms with Gasteiger partial charge in [-0.1, -0.05) is 292 Å². The van der Waals surface area contributed by atoms with Crippen molar-refractivity contribution in [1.29, 1.82) is 0 Å². The van der Waals surface area contributed by atoms with Gasteiger partial charge in [-0.05, 0) is 77.0 Å². The molecule has 0 bridgehead atoms. The summed E-state index contributed by atoms with van der Waals surface area (Å²) in [5.74, 6) is -0.875. The van der Waals surface area contributed by atoms with Gasteiger partial charge in [0.1, 0.15) is 13.2 Å². The Morgan fingerprint density at radius 2 is 0.534 bits per heavy atom. The zero-order chi connectivity index (χ0) is 52.9. The van der Waals surface area contributed by atoms with E-state index < -0.39 is 6.10 Å². The minimum absolute atomic E-state index is 0.0754. The fraction of sp³-hybridized carbons (Fsp3) is 0.746. The van der Waals surface area contributed by atoms with Gasteiger partial charge in [0.05, 0.1) is 0 Å². The molecule has 1 atom stereocenters. The Morgan fingerprint density at radius 3 is 0.836 bits per heavy atom. The molecule has 0 rings (SSSR count). The van der Waals surface area contributed by atoms with E-state index in [-0.39, 0.29) is 31.1 Å². The quantitative estimate of drug-likeness (QED) is 0.0261. The summed E-state index contributed by atoms with van der Waals surface area (Å²) in [5.41, 5.74) is 0. The first-order valence-electron chi connectivity index (χ1n) is 31.1. The number of allylic oxidation sites excluding steroid dienone is 14. The van der Waals surface area contributed by atoms with Crippen LogP contribution in [0, 0.1) is 0 Å². The molecule has 0 saturated carbocycles. The van der Waals surface area contributed by atoms with Crippen molar-refractivity contribution in [1.82, 2.24) is 0 Å². The molecule has 0 aromatic rings. The maximum Gasteiger partial charge on any atom is 0.306 e. The van der Waals surface area contributed by atoms with Crippen molar-refractivity contribution in [3.63, 3.8) is 0 Å². The lowest BCUT2D eigenvalue weighted by Crippen LogP contribution is -2.30. The molecule has 0 aliphatic carbocycles. The van der Waals surface area contributed by atoms with Crippen molar-refractivity contribution in [2.45, 2.75) is 309 Å². The lowest BCUT2D eigenvalue weighted by Gasteiger charge is -2.18. The van der Waals surface area contributed by atoms with Crippen LogP contribution in [0.5, 0.6) is 0 Å². The molecule has 0 spiro atoms. The van der Waals surface area contributed by atoms with Gasteiger partial charge in [0.2, 0.25) is 0 Å². The molecule has 73 heavy (non-hydrogen) atoms. The molecule has 1 unspecified atom stereocenters. The van der Waals surface area contributed by atoms with Gasteiger partial charge in [0.15, 0.2) is 6.10 Å². The average molecular weight is 1020 g/mol. The minimum Gasteiger partial charge on any atom is -0.462 e. The SMILES string of the molecule is CC/C=C\C/C=C\C/C=C\C/C=C\C/C=C\C/C=C\C/C=C\CCCCCCCCCC(=O)OCC(COC(=O)CCCCCCCCCCCCC)OC(=O)CCCCCCCCCCCCCCCCC. The Kier molecular flexibility index (Phi) is 58.3. The lowest BCUT2D eigenvalue weighted by molar-refractivity contribution is -0.167. The Labute approximate surface area is 452 Å². The second kappa shape index (κ2) is 61.1. The number of esters is 3. The molecule has 0 aromatic carbocycles. The van der Waals surface area contributed by atoms with E-state index >= 15 is 0 Å². The normalized spacial score (nSPS) is 12.6. The summed E-state index contributed by atoms with van der Waals surface area (Å²) in [4.78, 5) is 38.2. The lowest BCUT2D eigenvalue weighted by atomic mass is 10.0. The van der Waals surface area contributed by atoms with Gasteiger partial charge in [-0.2, -0.15) is 0 Å². The van der Waals surface area contributed by atoms with Gasteiger partial charge in [-0.15, -0.1) is 0 Å². The van der Waals surface area contributed by atoms with Crippen LogP contribution in [0.2, 0.25) is 0 Å². The molecule has 420 valence electrons. The largest absolute Gasteiger partial charge is 0.462 e. The monoisotopic (exact) mass is 1020 g/mol. The highest BCUT2D eigenvalue weighted by Crippen LogP contribution is 2.16. The van der Waals surface area contributed by atoms with Gasteiger partial charge in [0, 0.05) is 19.3 Å². The smallest absolute Gasteiger partial charge is 0.306 e. The number of rotatable bonds is 56. The van der Waals surface area contributed by atoms with E-state index in [0.29, 0.717) is 19.3 Å². The molecule has 0 aliphatic heterocycles. The summed E-state index contributed by atoms with van der Waals surface area (Å²) >= 11 is 0. The zero-order valence-electron chi connectivity index (χ0n) is 48.1. The van der Waals surface area contributed by atoms with Crippen LogP contribution in [0.3, 0.4) is 0 Å². The van der Waals surface area contributed by atoms with E-state index in [1.54, 1.807) is 0 Å². The first kappa shape index (κ1) is 69.6. The van der Waals surface area contributed by atoms with E-state index in [4.69, 9.17) is 14.2 Å². The predicted octanol–water partition coefficient (Wildman–Crippen LogP) is 21.1. The van der Waals surface area contributed by atoms with Crippen molar-refractivity contribution in [3.8, 4) is 0 Å². The fourth-order valence-electron chi connectivity index (χ4n) is 8.78. The summed E-state index contributed by atoms with van der Waals surface area (Å²) in [6.45, 7) is 6.54. The third-order valence-corrected chi connectivity index (χ3v) is 13.4. The predicted molar refractivity (Wildman–Crippen MR) is 316 cm³/mol. The number of ether oxygens (including phenoxy) is 3. The number of carbonyl (C=O) groups is 3. The third-order valence-electron chi connectivity index (χ3n) is 13.4. The van der Waals surface area contributed by atoms with Crippen molar-refractivity contribution >= 4 is 17.9 Å². The summed E-state index contributed by atoms with van der Waals surface area (Å²) in [5, 5.41) is 0. The van der Waals surface area contributed by atoms with Crippen LogP contribution in [0.25, 0.3) is 0 Å². The van der Waals surface area contributed by atoms with Crippen LogP contribution in [0.1, 0.15) is 303 Å². The summed E-state index contributed by atoms with van der Waals surface area (Å²) in [7, 11) is 0. The van der Waals surface area contributed by atoms with Crippen molar-refractivity contribution < 1.29 is 28.6 Å². The van der Waals surface area contributed by atoms with Gasteiger partial charge in [0.25, 0.3) is 0 Å². The van der Waals surface area contributed by atoms with E-state index in [1.807, 2.05) is 0 Å². The van der Waals surface area contributed by atoms with E-state index in [1.165, 1.54) is 154 Å².